The van der Waals surface area contributed by atoms with Crippen LogP contribution in [0, 0.1) is 13.8 Å². The minimum absolute atomic E-state index is 0.0113. The molecule has 2 rings (SSSR count). The van der Waals surface area contributed by atoms with Gasteiger partial charge in [0.25, 0.3) is 5.91 Å². The van der Waals surface area contributed by atoms with Crippen LogP contribution in [-0.2, 0) is 39.9 Å². The number of Topliss-reactive ketones (excluding diaryl/α,β-unsaturated/α-hetero) is 1. The molecule has 1 heterocycles. The van der Waals surface area contributed by atoms with Crippen molar-refractivity contribution in [3.8, 4) is 11.5 Å². The van der Waals surface area contributed by atoms with Crippen LogP contribution >= 0.6 is 11.8 Å². The van der Waals surface area contributed by atoms with E-state index >= 15 is 0 Å². The van der Waals surface area contributed by atoms with Gasteiger partial charge in [-0.05, 0) is 76.1 Å². The second-order valence-corrected chi connectivity index (χ2v) is 12.2. The molecule has 0 bridgehead atoms. The summed E-state index contributed by atoms with van der Waals surface area (Å²) < 4.78 is 10.9. The molecule has 46 heavy (non-hydrogen) atoms. The first-order chi connectivity index (χ1) is 21.5. The number of likely N-dealkylation sites (N-methyl/N-ethyl adjacent to an activating group) is 1. The average Bonchev–Trinajstić information content (AvgIpc) is 3.00. The fourth-order valence-electron chi connectivity index (χ4n) is 4.63. The van der Waals surface area contributed by atoms with E-state index in [-0.39, 0.29) is 43.1 Å². The van der Waals surface area contributed by atoms with Crippen LogP contribution in [-0.4, -0.2) is 105 Å². The number of imide groups is 1. The molecule has 0 aromatic heterocycles. The number of amides is 4. The Labute approximate surface area is 270 Å². The molecule has 0 spiro atoms. The monoisotopic (exact) mass is 667 g/mol. The third-order valence-electron chi connectivity index (χ3n) is 7.61. The zero-order valence-electron chi connectivity index (χ0n) is 26.5. The van der Waals surface area contributed by atoms with Gasteiger partial charge in [0.15, 0.2) is 0 Å². The maximum Gasteiger partial charge on any atom is 0.413 e. The number of phenols is 1. The van der Waals surface area contributed by atoms with Crippen molar-refractivity contribution in [1.82, 2.24) is 15.5 Å². The minimum Gasteiger partial charge on any atom is -0.508 e. The number of carboxylic acid groups (broad SMARTS) is 2. The summed E-state index contributed by atoms with van der Waals surface area (Å²) in [4.78, 5) is 84.9. The van der Waals surface area contributed by atoms with E-state index in [9.17, 15) is 43.8 Å². The zero-order chi connectivity index (χ0) is 34.8. The van der Waals surface area contributed by atoms with Crippen LogP contribution in [0.5, 0.6) is 11.5 Å². The van der Waals surface area contributed by atoms with Crippen molar-refractivity contribution in [2.45, 2.75) is 83.9 Å². The molecule has 15 nitrogen and oxygen atoms in total. The summed E-state index contributed by atoms with van der Waals surface area (Å²) >= 11 is 0.798. The van der Waals surface area contributed by atoms with Crippen molar-refractivity contribution in [3.05, 3.63) is 22.8 Å². The predicted molar refractivity (Wildman–Crippen MR) is 165 cm³/mol. The normalized spacial score (nSPS) is 16.5. The van der Waals surface area contributed by atoms with E-state index < -0.39 is 65.6 Å². The van der Waals surface area contributed by atoms with Gasteiger partial charge < -0.3 is 35.4 Å². The molecule has 4 amide bonds. The van der Waals surface area contributed by atoms with Gasteiger partial charge in [-0.3, -0.25) is 19.2 Å². The van der Waals surface area contributed by atoms with Gasteiger partial charge in [-0.2, -0.15) is 11.8 Å². The van der Waals surface area contributed by atoms with Gasteiger partial charge in [-0.1, -0.05) is 0 Å². The van der Waals surface area contributed by atoms with Crippen molar-refractivity contribution in [2.75, 3.05) is 25.2 Å². The van der Waals surface area contributed by atoms with Crippen molar-refractivity contribution in [3.63, 3.8) is 0 Å². The summed E-state index contributed by atoms with van der Waals surface area (Å²) in [6.07, 6.45) is -0.940. The van der Waals surface area contributed by atoms with E-state index in [1.54, 1.807) is 13.0 Å². The van der Waals surface area contributed by atoms with Crippen molar-refractivity contribution in [1.29, 1.82) is 0 Å². The van der Waals surface area contributed by atoms with Crippen LogP contribution in [0.25, 0.3) is 0 Å². The summed E-state index contributed by atoms with van der Waals surface area (Å²) in [5.41, 5.74) is 1.66. The second kappa shape index (κ2) is 16.8. The second-order valence-electron chi connectivity index (χ2n) is 11.1. The third-order valence-corrected chi connectivity index (χ3v) is 8.64. The SMILES string of the molecule is CCOC(=O)C(=O)CSCC(NC(=O)CCC(NC(=O)CCC1(C)CCc2cc(O)c(C)c(C)c2O1)C(=O)O)C(=O)N(C)C(=O)O. The Morgan fingerprint density at radius 3 is 2.28 bits per heavy atom. The molecule has 0 saturated heterocycles. The smallest absolute Gasteiger partial charge is 0.413 e. The third kappa shape index (κ3) is 10.6. The quantitative estimate of drug-likeness (QED) is 0.125. The molecule has 5 N–H and O–H groups in total. The Morgan fingerprint density at radius 1 is 1.04 bits per heavy atom. The number of phenolic OH excluding ortho intramolecular Hbond substituents is 1. The first kappa shape index (κ1) is 37.8. The Morgan fingerprint density at radius 2 is 1.67 bits per heavy atom. The largest absolute Gasteiger partial charge is 0.508 e. The van der Waals surface area contributed by atoms with Gasteiger partial charge in [0.2, 0.25) is 17.6 Å². The van der Waals surface area contributed by atoms with Crippen LogP contribution < -0.4 is 15.4 Å². The molecule has 1 aliphatic rings. The Balaban J connectivity index is 1.95. The zero-order valence-corrected chi connectivity index (χ0v) is 27.3. The number of thioether (sulfide) groups is 1. The summed E-state index contributed by atoms with van der Waals surface area (Å²) in [6.45, 7) is 6.99. The van der Waals surface area contributed by atoms with E-state index in [0.29, 0.717) is 29.1 Å². The predicted octanol–water partition coefficient (Wildman–Crippen LogP) is 1.71. The number of rotatable bonds is 16. The highest BCUT2D eigenvalue weighted by Gasteiger charge is 2.34. The molecule has 3 atom stereocenters. The molecule has 0 fully saturated rings. The number of nitrogens with zero attached hydrogens (tertiary/aromatic N) is 1. The Bertz CT molecular complexity index is 1370. The van der Waals surface area contributed by atoms with E-state index in [2.05, 4.69) is 15.4 Å². The molecule has 3 unspecified atom stereocenters. The number of ether oxygens (including phenoxy) is 2. The van der Waals surface area contributed by atoms with Crippen molar-refractivity contribution < 1.29 is 58.4 Å². The molecular weight excluding hydrogens is 626 g/mol. The summed E-state index contributed by atoms with van der Waals surface area (Å²) in [5, 5.41) is 33.7. The number of nitrogens with one attached hydrogen (secondary N) is 2. The number of ketones is 1. The number of carbonyl (C=O) groups excluding carboxylic acids is 5. The van der Waals surface area contributed by atoms with Crippen LogP contribution in [0.15, 0.2) is 6.07 Å². The highest BCUT2D eigenvalue weighted by molar-refractivity contribution is 8.00. The number of carbonyl (C=O) groups is 7. The topological polar surface area (TPSA) is 226 Å². The van der Waals surface area contributed by atoms with Crippen LogP contribution in [0.3, 0.4) is 0 Å². The lowest BCUT2D eigenvalue weighted by Gasteiger charge is -2.37. The van der Waals surface area contributed by atoms with Crippen molar-refractivity contribution >= 4 is 53.3 Å². The number of benzene rings is 1. The lowest BCUT2D eigenvalue weighted by atomic mass is 9.87. The van der Waals surface area contributed by atoms with Crippen LogP contribution in [0.4, 0.5) is 4.79 Å². The molecule has 0 aliphatic carbocycles. The lowest BCUT2D eigenvalue weighted by Crippen LogP contribution is -2.50. The fourth-order valence-corrected chi connectivity index (χ4v) is 5.51. The van der Waals surface area contributed by atoms with Crippen LogP contribution in [0.2, 0.25) is 0 Å². The molecule has 1 aromatic rings. The van der Waals surface area contributed by atoms with Gasteiger partial charge in [-0.25, -0.2) is 19.3 Å². The maximum atomic E-state index is 12.7. The molecule has 16 heteroatoms. The summed E-state index contributed by atoms with van der Waals surface area (Å²) in [7, 11) is 0.971. The molecule has 1 aromatic carbocycles. The number of aromatic hydroxyl groups is 1. The van der Waals surface area contributed by atoms with Crippen molar-refractivity contribution in [2.24, 2.45) is 0 Å². The number of fused-ring (bicyclic) bond motifs is 1. The van der Waals surface area contributed by atoms with E-state index in [4.69, 9.17) is 9.84 Å². The maximum absolute atomic E-state index is 12.7. The molecular formula is C30H41N3O12S. The lowest BCUT2D eigenvalue weighted by molar-refractivity contribution is -0.152. The number of aliphatic carboxylic acids is 1. The highest BCUT2D eigenvalue weighted by Crippen LogP contribution is 2.41. The van der Waals surface area contributed by atoms with Gasteiger partial charge in [0.1, 0.15) is 29.2 Å². The van der Waals surface area contributed by atoms with Crippen LogP contribution in [0.1, 0.15) is 62.6 Å². The molecule has 254 valence electrons. The Kier molecular flexibility index (Phi) is 13.8. The molecule has 0 saturated carbocycles. The first-order valence-corrected chi connectivity index (χ1v) is 15.8. The first-order valence-electron chi connectivity index (χ1n) is 14.6. The standard InChI is InChI=1S/C30H41N3O12S/c1-6-44-28(41)22(35)15-46-14-20(26(38)33(5)29(42)43)32-23(36)8-7-19(27(39)40)31-24(37)10-12-30(4)11-9-18-13-21(34)16(2)17(3)25(18)45-30/h13,19-20,34H,6-12,14-15H2,1-5H3,(H,31,37)(H,32,36)(H,39,40)(H,42,43). The highest BCUT2D eigenvalue weighted by atomic mass is 32.2. The summed E-state index contributed by atoms with van der Waals surface area (Å²) in [6, 6.07) is -1.17. The number of carboxylic acids is 1. The Hall–Kier alpha value is -4.34. The van der Waals surface area contributed by atoms with E-state index in [1.807, 2.05) is 13.8 Å². The molecule has 1 aliphatic heterocycles. The number of hydrogen-bond acceptors (Lipinski definition) is 11. The van der Waals surface area contributed by atoms with Gasteiger partial charge in [0, 0.05) is 25.6 Å². The number of hydrogen-bond donors (Lipinski definition) is 5. The van der Waals surface area contributed by atoms with Gasteiger partial charge >= 0.3 is 18.0 Å². The molecule has 0 radical (unpaired) electrons. The van der Waals surface area contributed by atoms with Gasteiger partial charge in [0.05, 0.1) is 12.4 Å². The van der Waals surface area contributed by atoms with E-state index in [0.717, 1.165) is 29.9 Å². The fraction of sp³-hybridized carbons (Fsp3) is 0.567. The summed E-state index contributed by atoms with van der Waals surface area (Å²) in [5.74, 6) is -5.51. The minimum atomic E-state index is -1.59. The number of aryl methyl sites for hydroxylation is 1. The van der Waals surface area contributed by atoms with E-state index in [1.165, 1.54) is 6.92 Å². The number of esters is 1. The van der Waals surface area contributed by atoms with Gasteiger partial charge in [-0.15, -0.1) is 0 Å². The average molecular weight is 668 g/mol.